The van der Waals surface area contributed by atoms with Gasteiger partial charge in [-0.15, -0.1) is 0 Å². The summed E-state index contributed by atoms with van der Waals surface area (Å²) in [5.41, 5.74) is 5.80. The molecule has 0 amide bonds. The zero-order chi connectivity index (χ0) is 23.1. The van der Waals surface area contributed by atoms with Crippen LogP contribution >= 0.6 is 0 Å². The molecule has 0 spiro atoms. The van der Waals surface area contributed by atoms with Crippen LogP contribution in [0, 0.1) is 23.2 Å². The molecule has 168 valence electrons. The van der Waals surface area contributed by atoms with Crippen molar-refractivity contribution in [2.75, 3.05) is 30.3 Å². The van der Waals surface area contributed by atoms with E-state index in [0.29, 0.717) is 24.4 Å². The largest absolute Gasteiger partial charge is 0.491 e. The Morgan fingerprint density at radius 3 is 2.35 bits per heavy atom. The molecule has 1 unspecified atom stereocenters. The summed E-state index contributed by atoms with van der Waals surface area (Å²) >= 11 is 0. The van der Waals surface area contributed by atoms with Crippen LogP contribution in [-0.2, 0) is 6.54 Å². The van der Waals surface area contributed by atoms with Crippen molar-refractivity contribution in [3.8, 4) is 11.8 Å². The van der Waals surface area contributed by atoms with Gasteiger partial charge in [0.25, 0.3) is 5.56 Å². The molecule has 0 radical (unpaired) electrons. The molecule has 0 aliphatic heterocycles. The average molecular weight is 430 g/mol. The number of ether oxygens (including phenoxy) is 1. The Kier molecular flexibility index (Phi) is 8.28. The summed E-state index contributed by atoms with van der Waals surface area (Å²) < 4.78 is 6.96. The highest BCUT2D eigenvalue weighted by molar-refractivity contribution is 5.62. The molecule has 1 atom stereocenters. The quantitative estimate of drug-likeness (QED) is 0.521. The van der Waals surface area contributed by atoms with Gasteiger partial charge in [-0.2, -0.15) is 5.26 Å². The molecule has 1 heterocycles. The fourth-order valence-corrected chi connectivity index (χ4v) is 3.25. The van der Waals surface area contributed by atoms with Crippen LogP contribution in [-0.4, -0.2) is 40.5 Å². The van der Waals surface area contributed by atoms with Gasteiger partial charge in [-0.05, 0) is 36.1 Å². The topological polar surface area (TPSA) is 137 Å². The van der Waals surface area contributed by atoms with Gasteiger partial charge in [0.15, 0.2) is 0 Å². The molecule has 1 aromatic heterocycles. The predicted molar refractivity (Wildman–Crippen MR) is 120 cm³/mol. The monoisotopic (exact) mass is 429 g/mol. The van der Waals surface area contributed by atoms with Crippen LogP contribution in [0.1, 0.15) is 33.3 Å². The van der Waals surface area contributed by atoms with Gasteiger partial charge in [0, 0.05) is 19.6 Å². The summed E-state index contributed by atoms with van der Waals surface area (Å²) in [7, 11) is 0. The van der Waals surface area contributed by atoms with Crippen molar-refractivity contribution in [1.82, 2.24) is 9.55 Å². The number of aliphatic hydroxyl groups is 1. The van der Waals surface area contributed by atoms with E-state index in [1.165, 1.54) is 4.57 Å². The minimum absolute atomic E-state index is 0.00998. The standard InChI is InChI=1S/C22H31N5O4/c1-14(2)10-26(12-17(28)13-31-18-7-5-16(9-23)6-8-18)19-20(24)27(11-15(3)4)22(30)25-21(19)29/h5-8,14-15,17,28H,10-13,24H2,1-4H3,(H,25,29,30). The first-order valence-corrected chi connectivity index (χ1v) is 10.3. The summed E-state index contributed by atoms with van der Waals surface area (Å²) in [6.07, 6.45) is -0.918. The maximum absolute atomic E-state index is 12.6. The highest BCUT2D eigenvalue weighted by Gasteiger charge is 2.22. The molecule has 4 N–H and O–H groups in total. The second-order valence-electron chi connectivity index (χ2n) is 8.40. The van der Waals surface area contributed by atoms with E-state index in [9.17, 15) is 14.7 Å². The summed E-state index contributed by atoms with van der Waals surface area (Å²) in [4.78, 5) is 28.9. The number of benzene rings is 1. The Morgan fingerprint density at radius 2 is 1.81 bits per heavy atom. The number of nitrogens with one attached hydrogen (secondary N) is 1. The summed E-state index contributed by atoms with van der Waals surface area (Å²) in [5.74, 6) is 0.944. The lowest BCUT2D eigenvalue weighted by Gasteiger charge is -2.30. The van der Waals surface area contributed by atoms with E-state index in [0.717, 1.165) is 0 Å². The van der Waals surface area contributed by atoms with Crippen molar-refractivity contribution in [2.24, 2.45) is 11.8 Å². The van der Waals surface area contributed by atoms with Crippen LogP contribution < -0.4 is 26.6 Å². The smallest absolute Gasteiger partial charge is 0.330 e. The molecule has 2 rings (SSSR count). The Balaban J connectivity index is 2.24. The number of nitrogens with two attached hydrogens (primary N) is 1. The molecule has 0 bridgehead atoms. The van der Waals surface area contributed by atoms with Gasteiger partial charge in [-0.3, -0.25) is 14.3 Å². The van der Waals surface area contributed by atoms with E-state index in [-0.39, 0.29) is 36.5 Å². The molecule has 9 heteroatoms. The Morgan fingerprint density at radius 1 is 1.16 bits per heavy atom. The van der Waals surface area contributed by atoms with Gasteiger partial charge in [0.2, 0.25) is 0 Å². The summed E-state index contributed by atoms with van der Waals surface area (Å²) in [6.45, 7) is 8.79. The third-order valence-electron chi connectivity index (χ3n) is 4.52. The lowest BCUT2D eigenvalue weighted by Crippen LogP contribution is -2.44. The number of nitrogen functional groups attached to an aromatic ring is 1. The van der Waals surface area contributed by atoms with E-state index in [2.05, 4.69) is 4.98 Å². The van der Waals surface area contributed by atoms with Crippen LogP contribution in [0.4, 0.5) is 11.5 Å². The van der Waals surface area contributed by atoms with E-state index >= 15 is 0 Å². The SMILES string of the molecule is CC(C)CN(CC(O)COc1ccc(C#N)cc1)c1c(N)n(CC(C)C)c(=O)[nH]c1=O. The molecular weight excluding hydrogens is 398 g/mol. The van der Waals surface area contributed by atoms with Gasteiger partial charge in [0.05, 0.1) is 11.6 Å². The molecule has 0 saturated heterocycles. The second kappa shape index (κ2) is 10.7. The van der Waals surface area contributed by atoms with Crippen molar-refractivity contribution in [1.29, 1.82) is 5.26 Å². The number of aliphatic hydroxyl groups excluding tert-OH is 1. The Labute approximate surface area is 181 Å². The Hall–Kier alpha value is -3.25. The van der Waals surface area contributed by atoms with E-state index in [4.69, 9.17) is 15.7 Å². The van der Waals surface area contributed by atoms with Crippen LogP contribution in [0.2, 0.25) is 0 Å². The highest BCUT2D eigenvalue weighted by atomic mass is 16.5. The number of hydrogen-bond donors (Lipinski definition) is 3. The number of nitrogens with zero attached hydrogens (tertiary/aromatic N) is 3. The van der Waals surface area contributed by atoms with Gasteiger partial charge in [0.1, 0.15) is 30.0 Å². The van der Waals surface area contributed by atoms with Crippen molar-refractivity contribution >= 4 is 11.5 Å². The van der Waals surface area contributed by atoms with Gasteiger partial charge >= 0.3 is 5.69 Å². The number of hydrogen-bond acceptors (Lipinski definition) is 7. The number of aromatic nitrogens is 2. The van der Waals surface area contributed by atoms with Crippen molar-refractivity contribution in [3.63, 3.8) is 0 Å². The molecule has 1 aromatic carbocycles. The lowest BCUT2D eigenvalue weighted by molar-refractivity contribution is 0.111. The van der Waals surface area contributed by atoms with Crippen LogP contribution in [0.5, 0.6) is 5.75 Å². The van der Waals surface area contributed by atoms with Crippen LogP contribution in [0.15, 0.2) is 33.9 Å². The highest BCUT2D eigenvalue weighted by Crippen LogP contribution is 2.20. The maximum atomic E-state index is 12.6. The number of aromatic amines is 1. The normalized spacial score (nSPS) is 12.1. The van der Waals surface area contributed by atoms with Crippen molar-refractivity contribution < 1.29 is 9.84 Å². The third-order valence-corrected chi connectivity index (χ3v) is 4.52. The zero-order valence-electron chi connectivity index (χ0n) is 18.5. The number of H-pyrrole nitrogens is 1. The molecule has 2 aromatic rings. The zero-order valence-corrected chi connectivity index (χ0v) is 18.5. The van der Waals surface area contributed by atoms with E-state index < -0.39 is 17.4 Å². The lowest BCUT2D eigenvalue weighted by atomic mass is 10.1. The minimum Gasteiger partial charge on any atom is -0.491 e. The number of nitriles is 1. The Bertz CT molecular complexity index is 1020. The van der Waals surface area contributed by atoms with E-state index in [1.807, 2.05) is 33.8 Å². The van der Waals surface area contributed by atoms with Crippen molar-refractivity contribution in [2.45, 2.75) is 40.3 Å². The number of anilines is 2. The molecule has 31 heavy (non-hydrogen) atoms. The molecular formula is C22H31N5O4. The van der Waals surface area contributed by atoms with Gasteiger partial charge < -0.3 is 20.5 Å². The molecule has 0 aliphatic carbocycles. The first kappa shape index (κ1) is 24.0. The molecule has 0 aliphatic rings. The molecule has 0 fully saturated rings. The fraction of sp³-hybridized carbons (Fsp3) is 0.500. The number of rotatable bonds is 10. The maximum Gasteiger partial charge on any atom is 0.330 e. The molecule has 9 nitrogen and oxygen atoms in total. The fourth-order valence-electron chi connectivity index (χ4n) is 3.25. The molecule has 0 saturated carbocycles. The summed E-state index contributed by atoms with van der Waals surface area (Å²) in [6, 6.07) is 8.60. The second-order valence-corrected chi connectivity index (χ2v) is 8.40. The first-order valence-electron chi connectivity index (χ1n) is 10.3. The predicted octanol–water partition coefficient (Wildman–Crippen LogP) is 1.55. The van der Waals surface area contributed by atoms with Gasteiger partial charge in [-0.25, -0.2) is 4.79 Å². The summed E-state index contributed by atoms with van der Waals surface area (Å²) in [5, 5.41) is 19.4. The van der Waals surface area contributed by atoms with Gasteiger partial charge in [-0.1, -0.05) is 27.7 Å². The van der Waals surface area contributed by atoms with Crippen LogP contribution in [0.3, 0.4) is 0 Å². The van der Waals surface area contributed by atoms with E-state index in [1.54, 1.807) is 29.2 Å². The third kappa shape index (κ3) is 6.62. The first-order chi connectivity index (χ1) is 14.6. The van der Waals surface area contributed by atoms with Crippen molar-refractivity contribution in [3.05, 3.63) is 50.7 Å². The van der Waals surface area contributed by atoms with Crippen LogP contribution in [0.25, 0.3) is 0 Å². The average Bonchev–Trinajstić information content (AvgIpc) is 2.69. The minimum atomic E-state index is -0.918.